The van der Waals surface area contributed by atoms with E-state index in [4.69, 9.17) is 11.6 Å². The van der Waals surface area contributed by atoms with E-state index >= 15 is 0 Å². The molecular formula is C24H31ClN2O2S. The third-order valence-corrected chi connectivity index (χ3v) is 6.06. The van der Waals surface area contributed by atoms with Crippen molar-refractivity contribution in [3.8, 4) is 0 Å². The molecule has 2 aromatic rings. The number of carbonyl (C=O) groups is 2. The minimum atomic E-state index is -0.473. The van der Waals surface area contributed by atoms with Gasteiger partial charge in [0, 0.05) is 36.0 Å². The van der Waals surface area contributed by atoms with Crippen molar-refractivity contribution in [2.24, 2.45) is 0 Å². The molecule has 0 heterocycles. The van der Waals surface area contributed by atoms with Crippen LogP contribution < -0.4 is 5.32 Å². The third kappa shape index (κ3) is 8.04. The maximum Gasteiger partial charge on any atom is 0.242 e. The summed E-state index contributed by atoms with van der Waals surface area (Å²) in [6.07, 6.45) is 1.85. The van der Waals surface area contributed by atoms with Crippen molar-refractivity contribution in [3.05, 3.63) is 70.7 Å². The van der Waals surface area contributed by atoms with Gasteiger partial charge >= 0.3 is 0 Å². The molecule has 30 heavy (non-hydrogen) atoms. The summed E-state index contributed by atoms with van der Waals surface area (Å²) in [5.41, 5.74) is 2.21. The number of nitrogens with zero attached hydrogens (tertiary/aromatic N) is 1. The molecule has 162 valence electrons. The van der Waals surface area contributed by atoms with Gasteiger partial charge < -0.3 is 10.2 Å². The number of halogens is 1. The average Bonchev–Trinajstić information content (AvgIpc) is 2.77. The lowest BCUT2D eigenvalue weighted by Gasteiger charge is -2.30. The van der Waals surface area contributed by atoms with Crippen LogP contribution in [0.25, 0.3) is 0 Å². The molecule has 0 unspecified atom stereocenters. The Labute approximate surface area is 189 Å². The van der Waals surface area contributed by atoms with Crippen LogP contribution in [-0.4, -0.2) is 35.1 Å². The molecule has 0 radical (unpaired) electrons. The standard InChI is InChI=1S/C24H31ClN2O2S/c1-3-15-26-24(29)22(4-2)27(17-19-10-12-21(25)13-11-19)23(28)14-16-30-18-20-8-6-5-7-9-20/h5-13,22H,3-4,14-18H2,1-2H3,(H,26,29)/t22-/m1/s1. The van der Waals surface area contributed by atoms with E-state index in [2.05, 4.69) is 17.4 Å². The molecule has 0 saturated heterocycles. The second-order valence-electron chi connectivity index (χ2n) is 7.15. The fourth-order valence-electron chi connectivity index (χ4n) is 3.14. The van der Waals surface area contributed by atoms with Crippen molar-refractivity contribution in [2.75, 3.05) is 12.3 Å². The van der Waals surface area contributed by atoms with Crippen LogP contribution >= 0.6 is 23.4 Å². The van der Waals surface area contributed by atoms with Crippen molar-refractivity contribution in [3.63, 3.8) is 0 Å². The molecule has 0 aliphatic rings. The summed E-state index contributed by atoms with van der Waals surface area (Å²) in [5, 5.41) is 3.60. The zero-order chi connectivity index (χ0) is 21.8. The van der Waals surface area contributed by atoms with Crippen LogP contribution in [0.5, 0.6) is 0 Å². The van der Waals surface area contributed by atoms with Crippen LogP contribution in [0.2, 0.25) is 5.02 Å². The van der Waals surface area contributed by atoms with Gasteiger partial charge in [-0.15, -0.1) is 0 Å². The number of hydrogen-bond donors (Lipinski definition) is 1. The highest BCUT2D eigenvalue weighted by atomic mass is 35.5. The van der Waals surface area contributed by atoms with Crippen LogP contribution in [0.4, 0.5) is 0 Å². The highest BCUT2D eigenvalue weighted by Crippen LogP contribution is 2.18. The summed E-state index contributed by atoms with van der Waals surface area (Å²) < 4.78 is 0. The van der Waals surface area contributed by atoms with E-state index in [1.54, 1.807) is 16.7 Å². The first-order chi connectivity index (χ1) is 14.5. The van der Waals surface area contributed by atoms with E-state index in [1.807, 2.05) is 56.3 Å². The highest BCUT2D eigenvalue weighted by Gasteiger charge is 2.28. The minimum Gasteiger partial charge on any atom is -0.354 e. The van der Waals surface area contributed by atoms with Crippen LogP contribution in [0.15, 0.2) is 54.6 Å². The molecule has 0 aliphatic carbocycles. The number of carbonyl (C=O) groups excluding carboxylic acids is 2. The molecule has 1 atom stereocenters. The molecule has 0 bridgehead atoms. The van der Waals surface area contributed by atoms with E-state index in [0.29, 0.717) is 31.0 Å². The molecule has 0 spiro atoms. The second-order valence-corrected chi connectivity index (χ2v) is 8.69. The summed E-state index contributed by atoms with van der Waals surface area (Å²) in [6.45, 7) is 4.98. The van der Waals surface area contributed by atoms with Crippen LogP contribution in [-0.2, 0) is 21.9 Å². The Balaban J connectivity index is 2.03. The van der Waals surface area contributed by atoms with Crippen molar-refractivity contribution in [2.45, 2.75) is 51.4 Å². The second kappa shape index (κ2) is 13.3. The summed E-state index contributed by atoms with van der Waals surface area (Å²) >= 11 is 7.73. The minimum absolute atomic E-state index is 0.00371. The maximum absolute atomic E-state index is 13.1. The summed E-state index contributed by atoms with van der Waals surface area (Å²) in [5.74, 6) is 1.51. The van der Waals surface area contributed by atoms with Gasteiger partial charge in [0.15, 0.2) is 0 Å². The summed E-state index contributed by atoms with van der Waals surface area (Å²) in [4.78, 5) is 27.5. The topological polar surface area (TPSA) is 49.4 Å². The maximum atomic E-state index is 13.1. The predicted octanol–water partition coefficient (Wildman–Crippen LogP) is 5.30. The van der Waals surface area contributed by atoms with Crippen molar-refractivity contribution in [1.82, 2.24) is 10.2 Å². The van der Waals surface area contributed by atoms with Crippen molar-refractivity contribution in [1.29, 1.82) is 0 Å². The zero-order valence-corrected chi connectivity index (χ0v) is 19.3. The Bertz CT molecular complexity index is 784. The molecular weight excluding hydrogens is 416 g/mol. The van der Waals surface area contributed by atoms with Gasteiger partial charge in [0.1, 0.15) is 6.04 Å². The van der Waals surface area contributed by atoms with Crippen molar-refractivity contribution >= 4 is 35.2 Å². The Morgan fingerprint density at radius 3 is 2.37 bits per heavy atom. The number of nitrogens with one attached hydrogen (secondary N) is 1. The molecule has 0 aromatic heterocycles. The van der Waals surface area contributed by atoms with E-state index < -0.39 is 6.04 Å². The Kier molecular flexibility index (Phi) is 10.8. The Morgan fingerprint density at radius 1 is 1.03 bits per heavy atom. The lowest BCUT2D eigenvalue weighted by Crippen LogP contribution is -2.49. The lowest BCUT2D eigenvalue weighted by molar-refractivity contribution is -0.141. The van der Waals surface area contributed by atoms with Crippen LogP contribution in [0.3, 0.4) is 0 Å². The van der Waals surface area contributed by atoms with E-state index in [9.17, 15) is 9.59 Å². The smallest absolute Gasteiger partial charge is 0.242 e. The van der Waals surface area contributed by atoms with Gasteiger partial charge in [-0.3, -0.25) is 9.59 Å². The van der Waals surface area contributed by atoms with Crippen molar-refractivity contribution < 1.29 is 9.59 Å². The number of rotatable bonds is 12. The van der Waals surface area contributed by atoms with E-state index in [0.717, 1.165) is 23.5 Å². The largest absolute Gasteiger partial charge is 0.354 e. The van der Waals surface area contributed by atoms with E-state index in [-0.39, 0.29) is 11.8 Å². The number of amides is 2. The molecule has 0 fully saturated rings. The van der Waals surface area contributed by atoms with Gasteiger partial charge in [0.2, 0.25) is 11.8 Å². The van der Waals surface area contributed by atoms with Gasteiger partial charge in [-0.25, -0.2) is 0 Å². The molecule has 0 saturated carbocycles. The Hall–Kier alpha value is -1.98. The molecule has 1 N–H and O–H groups in total. The van der Waals surface area contributed by atoms with Gasteiger partial charge in [-0.2, -0.15) is 11.8 Å². The third-order valence-electron chi connectivity index (χ3n) is 4.77. The fourth-order valence-corrected chi connectivity index (χ4v) is 4.16. The SMILES string of the molecule is CCCNC(=O)[C@@H](CC)N(Cc1ccc(Cl)cc1)C(=O)CCSCc1ccccc1. The molecule has 2 rings (SSSR count). The molecule has 6 heteroatoms. The molecule has 0 aliphatic heterocycles. The first kappa shape index (κ1) is 24.3. The lowest BCUT2D eigenvalue weighted by atomic mass is 10.1. The highest BCUT2D eigenvalue weighted by molar-refractivity contribution is 7.98. The number of thioether (sulfide) groups is 1. The quantitative estimate of drug-likeness (QED) is 0.450. The Morgan fingerprint density at radius 2 is 1.73 bits per heavy atom. The molecule has 2 amide bonds. The monoisotopic (exact) mass is 446 g/mol. The predicted molar refractivity (Wildman–Crippen MR) is 127 cm³/mol. The van der Waals surface area contributed by atoms with Gasteiger partial charge in [0.05, 0.1) is 0 Å². The van der Waals surface area contributed by atoms with Gasteiger partial charge in [-0.05, 0) is 36.1 Å². The summed E-state index contributed by atoms with van der Waals surface area (Å²) in [7, 11) is 0. The molecule has 4 nitrogen and oxygen atoms in total. The number of benzene rings is 2. The van der Waals surface area contributed by atoms with Gasteiger partial charge in [-0.1, -0.05) is 67.9 Å². The van der Waals surface area contributed by atoms with Gasteiger partial charge in [0.25, 0.3) is 0 Å². The van der Waals surface area contributed by atoms with Crippen LogP contribution in [0, 0.1) is 0 Å². The fraction of sp³-hybridized carbons (Fsp3) is 0.417. The zero-order valence-electron chi connectivity index (χ0n) is 17.8. The first-order valence-corrected chi connectivity index (χ1v) is 12.0. The first-order valence-electron chi connectivity index (χ1n) is 10.5. The number of hydrogen-bond acceptors (Lipinski definition) is 3. The molecule has 2 aromatic carbocycles. The normalized spacial score (nSPS) is 11.7. The van der Waals surface area contributed by atoms with E-state index in [1.165, 1.54) is 5.56 Å². The average molecular weight is 447 g/mol. The summed E-state index contributed by atoms with van der Waals surface area (Å²) in [6, 6.07) is 17.2. The van der Waals surface area contributed by atoms with Crippen LogP contribution in [0.1, 0.15) is 44.2 Å².